The van der Waals surface area contributed by atoms with Gasteiger partial charge in [-0.2, -0.15) is 0 Å². The first kappa shape index (κ1) is 19.4. The molecule has 4 atom stereocenters. The van der Waals surface area contributed by atoms with Gasteiger partial charge in [0.1, 0.15) is 11.5 Å². The van der Waals surface area contributed by atoms with E-state index in [0.717, 1.165) is 18.8 Å². The zero-order valence-corrected chi connectivity index (χ0v) is 16.5. The van der Waals surface area contributed by atoms with E-state index in [1.165, 1.54) is 44.6 Å². The van der Waals surface area contributed by atoms with Gasteiger partial charge in [0.05, 0.1) is 11.5 Å². The molecule has 0 aromatic heterocycles. The molecule has 0 heterocycles. The van der Waals surface area contributed by atoms with Gasteiger partial charge in [-0.3, -0.25) is 14.4 Å². The molecule has 1 aromatic rings. The van der Waals surface area contributed by atoms with E-state index in [4.69, 9.17) is 0 Å². The fourth-order valence-electron chi connectivity index (χ4n) is 5.92. The Labute approximate surface area is 166 Å². The summed E-state index contributed by atoms with van der Waals surface area (Å²) in [6.07, 6.45) is 11.1. The second-order valence-corrected chi connectivity index (χ2v) is 8.94. The quantitative estimate of drug-likeness (QED) is 0.547. The van der Waals surface area contributed by atoms with Crippen molar-refractivity contribution < 1.29 is 19.5 Å². The maximum absolute atomic E-state index is 12.8. The predicted octanol–water partition coefficient (Wildman–Crippen LogP) is 5.12. The fraction of sp³-hybridized carbons (Fsp3) is 0.625. The third-order valence-corrected chi connectivity index (χ3v) is 7.34. The van der Waals surface area contributed by atoms with Gasteiger partial charge in [-0.1, -0.05) is 50.7 Å². The van der Waals surface area contributed by atoms with Crippen molar-refractivity contribution in [3.8, 4) is 5.75 Å². The Morgan fingerprint density at radius 3 is 2.57 bits per heavy atom. The van der Waals surface area contributed by atoms with Crippen molar-refractivity contribution in [1.29, 1.82) is 0 Å². The number of fused-ring (bicyclic) bond motifs is 2. The number of Topliss-reactive ketones (excluding diaryl/α,β-unsaturated/α-hetero) is 3. The summed E-state index contributed by atoms with van der Waals surface area (Å²) in [6.45, 7) is 0. The average molecular weight is 383 g/mol. The van der Waals surface area contributed by atoms with Crippen LogP contribution in [0, 0.1) is 23.7 Å². The molecular formula is C24H30O4. The monoisotopic (exact) mass is 382 g/mol. The molecule has 1 aromatic carbocycles. The minimum absolute atomic E-state index is 0.104. The van der Waals surface area contributed by atoms with Crippen molar-refractivity contribution in [2.24, 2.45) is 23.7 Å². The first-order chi connectivity index (χ1) is 13.6. The predicted molar refractivity (Wildman–Crippen MR) is 107 cm³/mol. The number of phenols is 1. The largest absolute Gasteiger partial charge is 0.507 e. The summed E-state index contributed by atoms with van der Waals surface area (Å²) in [5.41, 5.74) is 0.524. The Kier molecular flexibility index (Phi) is 5.65. The summed E-state index contributed by atoms with van der Waals surface area (Å²) in [5, 5.41) is 9.90. The van der Waals surface area contributed by atoms with Crippen molar-refractivity contribution in [3.05, 3.63) is 29.3 Å². The number of ketones is 3. The summed E-state index contributed by atoms with van der Waals surface area (Å²) in [5.74, 6) is 0.781. The van der Waals surface area contributed by atoms with E-state index in [1.54, 1.807) is 12.1 Å². The van der Waals surface area contributed by atoms with Crippen molar-refractivity contribution in [3.63, 3.8) is 0 Å². The Hall–Kier alpha value is -1.97. The van der Waals surface area contributed by atoms with Gasteiger partial charge in [-0.25, -0.2) is 0 Å². The first-order valence-electron chi connectivity index (χ1n) is 11.0. The Morgan fingerprint density at radius 1 is 0.964 bits per heavy atom. The molecule has 2 fully saturated rings. The van der Waals surface area contributed by atoms with E-state index in [9.17, 15) is 19.5 Å². The molecule has 1 N–H and O–H groups in total. The number of hydrogen-bond donors (Lipinski definition) is 1. The van der Waals surface area contributed by atoms with Crippen LogP contribution in [0.4, 0.5) is 0 Å². The summed E-state index contributed by atoms with van der Waals surface area (Å²) < 4.78 is 0. The number of phenolic OH excluding ortho intramolecular Hbond substituents is 1. The molecule has 0 amide bonds. The van der Waals surface area contributed by atoms with E-state index in [2.05, 4.69) is 0 Å². The van der Waals surface area contributed by atoms with Gasteiger partial charge < -0.3 is 5.11 Å². The van der Waals surface area contributed by atoms with Gasteiger partial charge in [0.25, 0.3) is 0 Å². The van der Waals surface area contributed by atoms with Crippen LogP contribution in [0.2, 0.25) is 0 Å². The number of rotatable bonds is 6. The molecule has 0 spiro atoms. The number of hydrogen-bond acceptors (Lipinski definition) is 4. The number of aromatic hydroxyl groups is 1. The summed E-state index contributed by atoms with van der Waals surface area (Å²) in [7, 11) is 0. The highest BCUT2D eigenvalue weighted by molar-refractivity contribution is 6.27. The van der Waals surface area contributed by atoms with Crippen molar-refractivity contribution >= 4 is 17.3 Å². The highest BCUT2D eigenvalue weighted by atomic mass is 16.3. The van der Waals surface area contributed by atoms with Crippen LogP contribution in [0.25, 0.3) is 0 Å². The van der Waals surface area contributed by atoms with Crippen molar-refractivity contribution in [2.45, 2.75) is 70.6 Å². The fourth-order valence-corrected chi connectivity index (χ4v) is 5.92. The van der Waals surface area contributed by atoms with E-state index in [1.807, 2.05) is 0 Å². The molecule has 2 saturated carbocycles. The molecule has 4 nitrogen and oxygen atoms in total. The molecule has 4 unspecified atom stereocenters. The minimum Gasteiger partial charge on any atom is -0.507 e. The van der Waals surface area contributed by atoms with Gasteiger partial charge in [0.2, 0.25) is 0 Å². The van der Waals surface area contributed by atoms with Crippen LogP contribution in [0.15, 0.2) is 18.2 Å². The van der Waals surface area contributed by atoms with E-state index in [-0.39, 0.29) is 28.8 Å². The SMILES string of the molecule is O=C1c2cccc(O)c2C(=O)C1CCCCC(=O)C1CCCC2CCCCC21. The molecule has 3 aliphatic rings. The maximum Gasteiger partial charge on any atom is 0.178 e. The highest BCUT2D eigenvalue weighted by Gasteiger charge is 2.40. The molecule has 28 heavy (non-hydrogen) atoms. The van der Waals surface area contributed by atoms with Crippen molar-refractivity contribution in [2.75, 3.05) is 0 Å². The summed E-state index contributed by atoms with van der Waals surface area (Å²) >= 11 is 0. The Morgan fingerprint density at radius 2 is 1.75 bits per heavy atom. The first-order valence-corrected chi connectivity index (χ1v) is 11.0. The lowest BCUT2D eigenvalue weighted by atomic mass is 9.64. The van der Waals surface area contributed by atoms with Gasteiger partial charge >= 0.3 is 0 Å². The lowest BCUT2D eigenvalue weighted by Crippen LogP contribution is -2.35. The van der Waals surface area contributed by atoms with Crippen LogP contribution in [0.5, 0.6) is 5.75 Å². The lowest BCUT2D eigenvalue weighted by molar-refractivity contribution is -0.127. The Balaban J connectivity index is 1.28. The van der Waals surface area contributed by atoms with Gasteiger partial charge in [-0.15, -0.1) is 0 Å². The second-order valence-electron chi connectivity index (χ2n) is 8.94. The highest BCUT2D eigenvalue weighted by Crippen LogP contribution is 2.44. The lowest BCUT2D eigenvalue weighted by Gasteiger charge is -2.40. The molecule has 4 rings (SSSR count). The van der Waals surface area contributed by atoms with Crippen LogP contribution in [-0.2, 0) is 4.79 Å². The molecule has 3 aliphatic carbocycles. The van der Waals surface area contributed by atoms with Gasteiger partial charge in [0.15, 0.2) is 11.6 Å². The minimum atomic E-state index is -0.684. The number of carbonyl (C=O) groups is 3. The second kappa shape index (κ2) is 8.18. The molecule has 150 valence electrons. The zero-order chi connectivity index (χ0) is 19.7. The third-order valence-electron chi connectivity index (χ3n) is 7.34. The summed E-state index contributed by atoms with van der Waals surface area (Å²) in [4.78, 5) is 37.8. The Bertz CT molecular complexity index is 779. The van der Waals surface area contributed by atoms with E-state index >= 15 is 0 Å². The van der Waals surface area contributed by atoms with Crippen LogP contribution < -0.4 is 0 Å². The smallest absolute Gasteiger partial charge is 0.178 e. The number of benzene rings is 1. The number of unbranched alkanes of at least 4 members (excludes halogenated alkanes) is 1. The van der Waals surface area contributed by atoms with Crippen LogP contribution in [0.3, 0.4) is 0 Å². The van der Waals surface area contributed by atoms with Crippen LogP contribution in [0.1, 0.15) is 91.3 Å². The van der Waals surface area contributed by atoms with E-state index in [0.29, 0.717) is 36.5 Å². The molecule has 0 bridgehead atoms. The molecule has 0 radical (unpaired) electrons. The van der Waals surface area contributed by atoms with Crippen LogP contribution >= 0.6 is 0 Å². The number of carbonyl (C=O) groups excluding carboxylic acids is 3. The third kappa shape index (κ3) is 3.54. The normalized spacial score (nSPS) is 29.4. The zero-order valence-electron chi connectivity index (χ0n) is 16.5. The summed E-state index contributed by atoms with van der Waals surface area (Å²) in [6, 6.07) is 4.67. The van der Waals surface area contributed by atoms with Gasteiger partial charge in [0, 0.05) is 17.9 Å². The molecule has 0 aliphatic heterocycles. The molecule has 0 saturated heterocycles. The standard InChI is InChI=1S/C24H30O4/c25-20(17-11-5-8-15-7-1-2-9-16(15)17)13-4-3-10-19-23(27)18-12-6-14-21(26)22(18)24(19)28/h6,12,14-17,19,26H,1-5,7-11,13H2. The average Bonchev–Trinajstić information content (AvgIpc) is 2.96. The van der Waals surface area contributed by atoms with E-state index < -0.39 is 5.92 Å². The molecule has 4 heteroatoms. The maximum atomic E-state index is 12.8. The topological polar surface area (TPSA) is 71.4 Å². The van der Waals surface area contributed by atoms with Crippen LogP contribution in [-0.4, -0.2) is 22.5 Å². The van der Waals surface area contributed by atoms with Gasteiger partial charge in [-0.05, 0) is 43.6 Å². The van der Waals surface area contributed by atoms with Crippen molar-refractivity contribution in [1.82, 2.24) is 0 Å². The molecular weight excluding hydrogens is 352 g/mol.